The van der Waals surface area contributed by atoms with Gasteiger partial charge in [-0.25, -0.2) is 9.89 Å². The fourth-order valence-corrected chi connectivity index (χ4v) is 2.15. The van der Waals surface area contributed by atoms with E-state index in [2.05, 4.69) is 27.5 Å². The molecule has 2 aromatic rings. The van der Waals surface area contributed by atoms with Crippen LogP contribution in [0.25, 0.3) is 5.65 Å². The van der Waals surface area contributed by atoms with Crippen LogP contribution in [0.2, 0.25) is 0 Å². The van der Waals surface area contributed by atoms with Crippen molar-refractivity contribution in [3.05, 3.63) is 22.6 Å². The Bertz CT molecular complexity index is 611. The molecule has 1 unspecified atom stereocenters. The molecule has 3 rings (SSSR count). The second-order valence-corrected chi connectivity index (χ2v) is 4.77. The molecule has 3 heterocycles. The second kappa shape index (κ2) is 4.09. The number of nitrogens with zero attached hydrogens (tertiary/aromatic N) is 3. The molecule has 1 atom stereocenters. The van der Waals surface area contributed by atoms with Gasteiger partial charge in [-0.1, -0.05) is 0 Å². The lowest BCUT2D eigenvalue weighted by molar-refractivity contribution is 0.0314. The van der Waals surface area contributed by atoms with Crippen LogP contribution in [0, 0.1) is 0 Å². The van der Waals surface area contributed by atoms with E-state index in [1.807, 2.05) is 0 Å². The van der Waals surface area contributed by atoms with Crippen molar-refractivity contribution in [1.82, 2.24) is 19.8 Å². The Labute approximate surface area is 103 Å². The van der Waals surface area contributed by atoms with Crippen molar-refractivity contribution in [2.75, 3.05) is 18.5 Å². The highest BCUT2D eigenvalue weighted by atomic mass is 16.5. The Morgan fingerprint density at radius 3 is 3.28 bits per heavy atom. The number of fused-ring (bicyclic) bond motifs is 1. The maximum Gasteiger partial charge on any atom is 0.364 e. The van der Waals surface area contributed by atoms with Gasteiger partial charge < -0.3 is 10.1 Å². The van der Waals surface area contributed by atoms with Gasteiger partial charge in [-0.05, 0) is 31.9 Å². The standard InChI is InChI=1S/C11H15N5O2/c1-11(5-2-6-18-11)7-12-8-3-4-9-13-14-10(17)16(9)15-8/h3-4H,2,5-7H2,1H3,(H,12,15)(H,14,17). The first kappa shape index (κ1) is 11.2. The van der Waals surface area contributed by atoms with Crippen LogP contribution in [0.4, 0.5) is 5.82 Å². The van der Waals surface area contributed by atoms with Crippen molar-refractivity contribution in [1.29, 1.82) is 0 Å². The minimum Gasteiger partial charge on any atom is -0.373 e. The lowest BCUT2D eigenvalue weighted by Gasteiger charge is -2.23. The van der Waals surface area contributed by atoms with Gasteiger partial charge in [-0.15, -0.1) is 5.10 Å². The van der Waals surface area contributed by atoms with Crippen LogP contribution >= 0.6 is 0 Å². The summed E-state index contributed by atoms with van der Waals surface area (Å²) < 4.78 is 6.92. The zero-order valence-electron chi connectivity index (χ0n) is 10.1. The lowest BCUT2D eigenvalue weighted by Crippen LogP contribution is -2.33. The number of H-pyrrole nitrogens is 1. The molecule has 96 valence electrons. The molecule has 1 fully saturated rings. The van der Waals surface area contributed by atoms with Crippen LogP contribution in [-0.2, 0) is 4.74 Å². The second-order valence-electron chi connectivity index (χ2n) is 4.77. The van der Waals surface area contributed by atoms with E-state index in [0.29, 0.717) is 18.0 Å². The summed E-state index contributed by atoms with van der Waals surface area (Å²) in [5.41, 5.74) is 0.0312. The predicted octanol–water partition coefficient (Wildman–Crippen LogP) is 0.399. The molecule has 1 aliphatic heterocycles. The quantitative estimate of drug-likeness (QED) is 0.822. The van der Waals surface area contributed by atoms with Gasteiger partial charge in [0.1, 0.15) is 5.82 Å². The smallest absolute Gasteiger partial charge is 0.364 e. The van der Waals surface area contributed by atoms with Gasteiger partial charge in [-0.3, -0.25) is 0 Å². The lowest BCUT2D eigenvalue weighted by atomic mass is 10.0. The van der Waals surface area contributed by atoms with Gasteiger partial charge in [0.25, 0.3) is 0 Å². The molecule has 2 aromatic heterocycles. The Morgan fingerprint density at radius 2 is 2.50 bits per heavy atom. The van der Waals surface area contributed by atoms with Crippen LogP contribution in [0.5, 0.6) is 0 Å². The highest BCUT2D eigenvalue weighted by Gasteiger charge is 2.29. The third-order valence-electron chi connectivity index (χ3n) is 3.22. The zero-order valence-corrected chi connectivity index (χ0v) is 10.1. The minimum atomic E-state index is -0.336. The van der Waals surface area contributed by atoms with Crippen LogP contribution in [0.3, 0.4) is 0 Å². The molecule has 1 saturated heterocycles. The Kier molecular flexibility index (Phi) is 2.55. The van der Waals surface area contributed by atoms with E-state index < -0.39 is 0 Å². The number of ether oxygens (including phenoxy) is 1. The van der Waals surface area contributed by atoms with E-state index in [0.717, 1.165) is 19.4 Å². The van der Waals surface area contributed by atoms with Crippen LogP contribution < -0.4 is 11.0 Å². The summed E-state index contributed by atoms with van der Waals surface area (Å²) in [5.74, 6) is 0.641. The van der Waals surface area contributed by atoms with E-state index in [1.54, 1.807) is 12.1 Å². The first-order chi connectivity index (χ1) is 8.66. The van der Waals surface area contributed by atoms with Crippen molar-refractivity contribution in [2.45, 2.75) is 25.4 Å². The minimum absolute atomic E-state index is 0.141. The molecule has 7 heteroatoms. The number of hydrogen-bond donors (Lipinski definition) is 2. The van der Waals surface area contributed by atoms with E-state index in [9.17, 15) is 4.79 Å². The number of nitrogens with one attached hydrogen (secondary N) is 2. The van der Waals surface area contributed by atoms with Crippen LogP contribution in [0.15, 0.2) is 16.9 Å². The highest BCUT2D eigenvalue weighted by molar-refractivity contribution is 5.43. The number of anilines is 1. The summed E-state index contributed by atoms with van der Waals surface area (Å²) >= 11 is 0. The summed E-state index contributed by atoms with van der Waals surface area (Å²) in [4.78, 5) is 11.4. The molecule has 2 N–H and O–H groups in total. The third kappa shape index (κ3) is 1.97. The summed E-state index contributed by atoms with van der Waals surface area (Å²) in [7, 11) is 0. The maximum absolute atomic E-state index is 11.4. The average molecular weight is 249 g/mol. The normalized spacial score (nSPS) is 23.6. The van der Waals surface area contributed by atoms with Gasteiger partial charge in [0.05, 0.1) is 5.60 Å². The summed E-state index contributed by atoms with van der Waals surface area (Å²) in [6, 6.07) is 3.54. The summed E-state index contributed by atoms with van der Waals surface area (Å²) in [6.45, 7) is 3.57. The van der Waals surface area contributed by atoms with Gasteiger partial charge in [0.15, 0.2) is 5.65 Å². The number of aromatic amines is 1. The summed E-state index contributed by atoms with van der Waals surface area (Å²) in [6.07, 6.45) is 2.12. The highest BCUT2D eigenvalue weighted by Crippen LogP contribution is 2.24. The molecule has 0 aliphatic carbocycles. The number of aromatic nitrogens is 4. The fraction of sp³-hybridized carbons (Fsp3) is 0.545. The molecular weight excluding hydrogens is 234 g/mol. The van der Waals surface area contributed by atoms with E-state index >= 15 is 0 Å². The predicted molar refractivity (Wildman–Crippen MR) is 65.7 cm³/mol. The maximum atomic E-state index is 11.4. The largest absolute Gasteiger partial charge is 0.373 e. The molecule has 0 amide bonds. The molecule has 18 heavy (non-hydrogen) atoms. The van der Waals surface area contributed by atoms with Gasteiger partial charge in [0, 0.05) is 13.2 Å². The van der Waals surface area contributed by atoms with Crippen LogP contribution in [0.1, 0.15) is 19.8 Å². The van der Waals surface area contributed by atoms with Crippen molar-refractivity contribution < 1.29 is 4.74 Å². The molecular formula is C11H15N5O2. The van der Waals surface area contributed by atoms with Crippen molar-refractivity contribution in [3.63, 3.8) is 0 Å². The van der Waals surface area contributed by atoms with Gasteiger partial charge >= 0.3 is 5.69 Å². The SMILES string of the molecule is CC1(CNc2ccc3n[nH]c(=O)n3n2)CCCO1. The Morgan fingerprint density at radius 1 is 1.61 bits per heavy atom. The van der Waals surface area contributed by atoms with Crippen LogP contribution in [-0.4, -0.2) is 38.6 Å². The third-order valence-corrected chi connectivity index (χ3v) is 3.22. The van der Waals surface area contributed by atoms with Crippen molar-refractivity contribution >= 4 is 11.5 Å². The molecule has 0 saturated carbocycles. The molecule has 0 radical (unpaired) electrons. The molecule has 1 aliphatic rings. The summed E-state index contributed by atoms with van der Waals surface area (Å²) in [5, 5.41) is 13.5. The van der Waals surface area contributed by atoms with E-state index in [1.165, 1.54) is 4.52 Å². The molecule has 0 aromatic carbocycles. The molecule has 0 bridgehead atoms. The molecule has 0 spiro atoms. The van der Waals surface area contributed by atoms with E-state index in [4.69, 9.17) is 4.74 Å². The monoisotopic (exact) mass is 249 g/mol. The van der Waals surface area contributed by atoms with Gasteiger partial charge in [0.2, 0.25) is 0 Å². The number of hydrogen-bond acceptors (Lipinski definition) is 5. The number of rotatable bonds is 3. The fourth-order valence-electron chi connectivity index (χ4n) is 2.15. The first-order valence-corrected chi connectivity index (χ1v) is 5.99. The Hall–Kier alpha value is -1.89. The topological polar surface area (TPSA) is 84.3 Å². The molecule has 7 nitrogen and oxygen atoms in total. The first-order valence-electron chi connectivity index (χ1n) is 5.99. The Balaban J connectivity index is 1.78. The van der Waals surface area contributed by atoms with Gasteiger partial charge in [-0.2, -0.15) is 9.61 Å². The van der Waals surface area contributed by atoms with Crippen molar-refractivity contribution in [3.8, 4) is 0 Å². The van der Waals surface area contributed by atoms with Crippen molar-refractivity contribution in [2.24, 2.45) is 0 Å². The zero-order chi connectivity index (χ0) is 12.6. The van der Waals surface area contributed by atoms with E-state index in [-0.39, 0.29) is 11.3 Å². The average Bonchev–Trinajstić information content (AvgIpc) is 2.95.